The summed E-state index contributed by atoms with van der Waals surface area (Å²) in [5.41, 5.74) is -0.348. The Bertz CT molecular complexity index is 530. The van der Waals surface area contributed by atoms with Crippen LogP contribution < -0.4 is 4.74 Å². The lowest BCUT2D eigenvalue weighted by Crippen LogP contribution is -2.13. The molecule has 0 amide bonds. The normalized spacial score (nSPS) is 11.8. The summed E-state index contributed by atoms with van der Waals surface area (Å²) in [6.07, 6.45) is 5.47. The Labute approximate surface area is 136 Å². The molecule has 0 N–H and O–H groups in total. The fraction of sp³-hybridized carbons (Fsp3) is 0.588. The summed E-state index contributed by atoms with van der Waals surface area (Å²) in [4.78, 5) is 22.3. The van der Waals surface area contributed by atoms with Gasteiger partial charge in [-0.25, -0.2) is 4.79 Å². The number of carbonyl (C=O) groups is 1. The van der Waals surface area contributed by atoms with E-state index in [2.05, 4.69) is 6.92 Å². The van der Waals surface area contributed by atoms with Gasteiger partial charge in [0.1, 0.15) is 11.3 Å². The molecule has 0 aliphatic rings. The average Bonchev–Trinajstić information content (AvgIpc) is 2.51. The Kier molecular flexibility index (Phi) is 8.08. The number of hydrogen-bond donors (Lipinski definition) is 0. The number of ether oxygens (including phenoxy) is 2. The lowest BCUT2D eigenvalue weighted by atomic mass is 10.1. The smallest absolute Gasteiger partial charge is 0.345 e. The zero-order valence-corrected chi connectivity index (χ0v) is 14.0. The van der Waals surface area contributed by atoms with Gasteiger partial charge in [-0.2, -0.15) is 0 Å². The van der Waals surface area contributed by atoms with Crippen LogP contribution >= 0.6 is 0 Å². The first-order valence-electron chi connectivity index (χ1n) is 8.11. The third-order valence-corrected chi connectivity index (χ3v) is 3.46. The zero-order valence-electron chi connectivity index (χ0n) is 14.0. The summed E-state index contributed by atoms with van der Waals surface area (Å²) in [5.74, 6) is -0.300. The SMILES string of the molecule is CCCCCC[C@@H](C)Oc1ccc(C(=O)OCC)c([N+](=O)[O-])c1. The number of nitro benzene ring substituents is 1. The van der Waals surface area contributed by atoms with Gasteiger partial charge in [0.05, 0.1) is 23.7 Å². The quantitative estimate of drug-likeness (QED) is 0.274. The Morgan fingerprint density at radius 2 is 2.00 bits per heavy atom. The first-order chi connectivity index (χ1) is 11.0. The Morgan fingerprint density at radius 1 is 1.26 bits per heavy atom. The van der Waals surface area contributed by atoms with Crippen LogP contribution in [0.25, 0.3) is 0 Å². The molecule has 0 radical (unpaired) electrons. The van der Waals surface area contributed by atoms with E-state index in [1.54, 1.807) is 13.0 Å². The van der Waals surface area contributed by atoms with Gasteiger partial charge in [-0.05, 0) is 38.8 Å². The number of hydrogen-bond acceptors (Lipinski definition) is 5. The molecule has 0 fully saturated rings. The molecule has 6 nitrogen and oxygen atoms in total. The van der Waals surface area contributed by atoms with Crippen molar-refractivity contribution >= 4 is 11.7 Å². The summed E-state index contributed by atoms with van der Waals surface area (Å²) < 4.78 is 10.6. The molecule has 0 bridgehead atoms. The van der Waals surface area contributed by atoms with Gasteiger partial charge in [-0.15, -0.1) is 0 Å². The summed E-state index contributed by atoms with van der Waals surface area (Å²) in [5, 5.41) is 11.2. The summed E-state index contributed by atoms with van der Waals surface area (Å²) in [6.45, 7) is 5.92. The van der Waals surface area contributed by atoms with Gasteiger partial charge in [0.25, 0.3) is 5.69 Å². The molecule has 0 saturated carbocycles. The Hall–Kier alpha value is -2.11. The van der Waals surface area contributed by atoms with Crippen molar-refractivity contribution in [3.63, 3.8) is 0 Å². The molecule has 0 unspecified atom stereocenters. The van der Waals surface area contributed by atoms with Crippen LogP contribution in [0.4, 0.5) is 5.69 Å². The second-order valence-electron chi connectivity index (χ2n) is 5.43. The lowest BCUT2D eigenvalue weighted by molar-refractivity contribution is -0.385. The number of esters is 1. The molecule has 1 atom stereocenters. The maximum absolute atomic E-state index is 11.7. The van der Waals surface area contributed by atoms with E-state index in [4.69, 9.17) is 9.47 Å². The van der Waals surface area contributed by atoms with Crippen LogP contribution in [0.15, 0.2) is 18.2 Å². The van der Waals surface area contributed by atoms with Crippen LogP contribution in [0.5, 0.6) is 5.75 Å². The number of nitro groups is 1. The van der Waals surface area contributed by atoms with Gasteiger partial charge in [-0.3, -0.25) is 10.1 Å². The Morgan fingerprint density at radius 3 is 2.61 bits per heavy atom. The molecule has 0 spiro atoms. The van der Waals surface area contributed by atoms with Crippen LogP contribution in [-0.2, 0) is 4.74 Å². The molecule has 0 aliphatic carbocycles. The standard InChI is InChI=1S/C17H25NO5/c1-4-6-7-8-9-13(3)23-14-10-11-15(17(19)22-5-2)16(12-14)18(20)21/h10-13H,4-9H2,1-3H3/t13-/m1/s1. The van der Waals surface area contributed by atoms with Gasteiger partial charge >= 0.3 is 5.97 Å². The molecule has 0 aromatic heterocycles. The second-order valence-corrected chi connectivity index (χ2v) is 5.43. The minimum absolute atomic E-state index is 0.0279. The van der Waals surface area contributed by atoms with Crippen LogP contribution in [0, 0.1) is 10.1 Å². The third-order valence-electron chi connectivity index (χ3n) is 3.46. The summed E-state index contributed by atoms with van der Waals surface area (Å²) in [6, 6.07) is 4.24. The first kappa shape index (κ1) is 18.9. The van der Waals surface area contributed by atoms with E-state index in [0.717, 1.165) is 19.3 Å². The summed E-state index contributed by atoms with van der Waals surface area (Å²) >= 11 is 0. The van der Waals surface area contributed by atoms with E-state index in [1.807, 2.05) is 6.92 Å². The molecule has 23 heavy (non-hydrogen) atoms. The molecule has 128 valence electrons. The van der Waals surface area contributed by atoms with E-state index in [1.165, 1.54) is 25.0 Å². The maximum atomic E-state index is 11.7. The van der Waals surface area contributed by atoms with Crippen molar-refractivity contribution in [3.8, 4) is 5.75 Å². The molecule has 0 heterocycles. The number of rotatable bonds is 10. The monoisotopic (exact) mass is 323 g/mol. The fourth-order valence-electron chi connectivity index (χ4n) is 2.27. The number of benzene rings is 1. The third kappa shape index (κ3) is 6.26. The van der Waals surface area contributed by atoms with Crippen LogP contribution in [0.3, 0.4) is 0 Å². The molecule has 1 aromatic rings. The molecule has 6 heteroatoms. The van der Waals surface area contributed by atoms with Crippen molar-refractivity contribution < 1.29 is 19.2 Å². The van der Waals surface area contributed by atoms with Gasteiger partial charge in [0.2, 0.25) is 0 Å². The first-order valence-corrected chi connectivity index (χ1v) is 8.11. The highest BCUT2D eigenvalue weighted by atomic mass is 16.6. The molecule has 0 saturated heterocycles. The van der Waals surface area contributed by atoms with E-state index in [9.17, 15) is 14.9 Å². The molecule has 1 rings (SSSR count). The molecule has 1 aromatic carbocycles. The van der Waals surface area contributed by atoms with Gasteiger partial charge in [0, 0.05) is 0 Å². The van der Waals surface area contributed by atoms with Crippen molar-refractivity contribution in [2.75, 3.05) is 6.61 Å². The minimum Gasteiger partial charge on any atom is -0.490 e. The molecular weight excluding hydrogens is 298 g/mol. The topological polar surface area (TPSA) is 78.7 Å². The van der Waals surface area contributed by atoms with Crippen LogP contribution in [0.1, 0.15) is 63.2 Å². The van der Waals surface area contributed by atoms with Crippen molar-refractivity contribution in [3.05, 3.63) is 33.9 Å². The zero-order chi connectivity index (χ0) is 17.2. The van der Waals surface area contributed by atoms with E-state index in [-0.39, 0.29) is 24.0 Å². The molecular formula is C17H25NO5. The fourth-order valence-corrected chi connectivity index (χ4v) is 2.27. The molecule has 0 aliphatic heterocycles. The highest BCUT2D eigenvalue weighted by Crippen LogP contribution is 2.26. The van der Waals surface area contributed by atoms with Crippen LogP contribution in [0.2, 0.25) is 0 Å². The van der Waals surface area contributed by atoms with E-state index in [0.29, 0.717) is 5.75 Å². The minimum atomic E-state index is -0.696. The number of unbranched alkanes of at least 4 members (excludes halogenated alkanes) is 3. The van der Waals surface area contributed by atoms with E-state index >= 15 is 0 Å². The number of nitrogens with zero attached hydrogens (tertiary/aromatic N) is 1. The number of carbonyl (C=O) groups excluding carboxylic acids is 1. The van der Waals surface area contributed by atoms with Gasteiger partial charge in [-0.1, -0.05) is 26.2 Å². The maximum Gasteiger partial charge on any atom is 0.345 e. The predicted octanol–water partition coefficient (Wildman–Crippen LogP) is 4.51. The highest BCUT2D eigenvalue weighted by Gasteiger charge is 2.22. The largest absolute Gasteiger partial charge is 0.490 e. The highest BCUT2D eigenvalue weighted by molar-refractivity contribution is 5.94. The van der Waals surface area contributed by atoms with Crippen molar-refractivity contribution in [1.82, 2.24) is 0 Å². The van der Waals surface area contributed by atoms with Crippen molar-refractivity contribution in [1.29, 1.82) is 0 Å². The second kappa shape index (κ2) is 9.82. The average molecular weight is 323 g/mol. The summed E-state index contributed by atoms with van der Waals surface area (Å²) in [7, 11) is 0. The van der Waals surface area contributed by atoms with Gasteiger partial charge in [0.15, 0.2) is 0 Å². The van der Waals surface area contributed by atoms with Crippen LogP contribution in [-0.4, -0.2) is 23.6 Å². The van der Waals surface area contributed by atoms with E-state index < -0.39 is 10.9 Å². The Balaban J connectivity index is 2.75. The van der Waals surface area contributed by atoms with Gasteiger partial charge < -0.3 is 9.47 Å². The van der Waals surface area contributed by atoms with Crippen molar-refractivity contribution in [2.24, 2.45) is 0 Å². The van der Waals surface area contributed by atoms with Crippen molar-refractivity contribution in [2.45, 2.75) is 59.0 Å². The predicted molar refractivity (Wildman–Crippen MR) is 87.9 cm³/mol. The lowest BCUT2D eigenvalue weighted by Gasteiger charge is -2.15.